The topological polar surface area (TPSA) is 47.9 Å². The SMILES string of the molecule is C[Si]1(C)c2ccccc2-c2c(-c3nc(-c4ccccc4)nc(-c4ccc(-c5ccccc5)cc4)n3)ccc(-c3cccc4c3-c3cc(-c5ccccc5)ccc3C43c4ccccc4Oc4cc(-c5ccccc5)ccc43)c21. The zero-order valence-corrected chi connectivity index (χ0v) is 43.6. The first-order valence-corrected chi connectivity index (χ1v) is 29.5. The third-order valence-corrected chi connectivity index (χ3v) is 20.0. The average molecular weight is 1000 g/mol. The molecule has 0 saturated heterocycles. The van der Waals surface area contributed by atoms with Gasteiger partial charge in [0.15, 0.2) is 17.5 Å². The van der Waals surface area contributed by atoms with Gasteiger partial charge >= 0.3 is 0 Å². The maximum absolute atomic E-state index is 7.03. The molecule has 0 radical (unpaired) electrons. The molecule has 1 aliphatic carbocycles. The van der Waals surface area contributed by atoms with Crippen LogP contribution in [0.1, 0.15) is 22.3 Å². The van der Waals surface area contributed by atoms with Crippen LogP contribution in [-0.4, -0.2) is 23.0 Å². The Kier molecular flexibility index (Phi) is 10.2. The number of benzene rings is 11. The number of aromatic nitrogens is 3. The average Bonchev–Trinajstić information content (AvgIpc) is 4.17. The fourth-order valence-electron chi connectivity index (χ4n) is 13.0. The van der Waals surface area contributed by atoms with E-state index in [1.807, 2.05) is 18.2 Å². The van der Waals surface area contributed by atoms with E-state index in [2.05, 4.69) is 256 Å². The third-order valence-electron chi connectivity index (χ3n) is 16.4. The van der Waals surface area contributed by atoms with Gasteiger partial charge in [0, 0.05) is 27.8 Å². The Morgan fingerprint density at radius 2 is 0.766 bits per heavy atom. The predicted molar refractivity (Wildman–Crippen MR) is 317 cm³/mol. The molecule has 5 heteroatoms. The summed E-state index contributed by atoms with van der Waals surface area (Å²) < 4.78 is 7.03. The first-order valence-electron chi connectivity index (χ1n) is 26.5. The smallest absolute Gasteiger partial charge is 0.164 e. The highest BCUT2D eigenvalue weighted by Gasteiger charge is 2.52. The van der Waals surface area contributed by atoms with E-state index in [1.165, 1.54) is 71.6 Å². The van der Waals surface area contributed by atoms with Crippen molar-refractivity contribution in [1.82, 2.24) is 15.0 Å². The first kappa shape index (κ1) is 44.9. The molecule has 15 rings (SSSR count). The summed E-state index contributed by atoms with van der Waals surface area (Å²) in [6, 6.07) is 94.3. The molecule has 362 valence electrons. The van der Waals surface area contributed by atoms with Crippen LogP contribution >= 0.6 is 0 Å². The quantitative estimate of drug-likeness (QED) is 0.149. The Bertz CT molecular complexity index is 4310. The summed E-state index contributed by atoms with van der Waals surface area (Å²) in [5.41, 5.74) is 21.3. The Labute approximate surface area is 449 Å². The number of hydrogen-bond acceptors (Lipinski definition) is 4. The number of para-hydroxylation sites is 1. The molecule has 1 aromatic heterocycles. The van der Waals surface area contributed by atoms with Gasteiger partial charge < -0.3 is 4.74 Å². The predicted octanol–water partition coefficient (Wildman–Crippen LogP) is 16.8. The lowest BCUT2D eigenvalue weighted by atomic mass is 9.65. The highest BCUT2D eigenvalue weighted by atomic mass is 28.3. The highest BCUT2D eigenvalue weighted by Crippen LogP contribution is 2.64. The molecule has 12 aromatic rings. The van der Waals surface area contributed by atoms with Crippen molar-refractivity contribution in [3.63, 3.8) is 0 Å². The van der Waals surface area contributed by atoms with Crippen molar-refractivity contribution in [3.05, 3.63) is 283 Å². The number of nitrogens with zero attached hydrogens (tertiary/aromatic N) is 3. The van der Waals surface area contributed by atoms with E-state index >= 15 is 0 Å². The fourth-order valence-corrected chi connectivity index (χ4v) is 16.4. The van der Waals surface area contributed by atoms with Gasteiger partial charge in [-0.1, -0.05) is 250 Å². The highest BCUT2D eigenvalue weighted by molar-refractivity contribution is 7.04. The maximum atomic E-state index is 7.03. The largest absolute Gasteiger partial charge is 0.457 e. The van der Waals surface area contributed by atoms with Gasteiger partial charge in [-0.2, -0.15) is 0 Å². The number of ether oxygens (including phenoxy) is 1. The Hall–Kier alpha value is -9.55. The first-order chi connectivity index (χ1) is 37.9. The molecule has 77 heavy (non-hydrogen) atoms. The summed E-state index contributed by atoms with van der Waals surface area (Å²) in [4.78, 5) is 16.0. The minimum absolute atomic E-state index is 0.638. The minimum Gasteiger partial charge on any atom is -0.457 e. The summed E-state index contributed by atoms with van der Waals surface area (Å²) in [6.45, 7) is 5.05. The second-order valence-corrected chi connectivity index (χ2v) is 25.3. The summed E-state index contributed by atoms with van der Waals surface area (Å²) in [7, 11) is -2.45. The van der Waals surface area contributed by atoms with E-state index in [0.29, 0.717) is 17.5 Å². The molecule has 11 aromatic carbocycles. The Morgan fingerprint density at radius 3 is 1.45 bits per heavy atom. The Morgan fingerprint density at radius 1 is 0.299 bits per heavy atom. The van der Waals surface area contributed by atoms with Gasteiger partial charge in [-0.3, -0.25) is 0 Å². The van der Waals surface area contributed by atoms with E-state index in [9.17, 15) is 0 Å². The van der Waals surface area contributed by atoms with Crippen LogP contribution in [0.5, 0.6) is 11.5 Å². The molecule has 3 heterocycles. The van der Waals surface area contributed by atoms with E-state index < -0.39 is 13.5 Å². The second-order valence-electron chi connectivity index (χ2n) is 21.0. The molecular formula is C72H49N3OSi. The lowest BCUT2D eigenvalue weighted by Crippen LogP contribution is -2.50. The van der Waals surface area contributed by atoms with Crippen molar-refractivity contribution in [2.45, 2.75) is 18.5 Å². The van der Waals surface area contributed by atoms with Crippen molar-refractivity contribution >= 4 is 18.4 Å². The monoisotopic (exact) mass is 999 g/mol. The van der Waals surface area contributed by atoms with Gasteiger partial charge in [0.1, 0.15) is 19.6 Å². The lowest BCUT2D eigenvalue weighted by Gasteiger charge is -2.39. The van der Waals surface area contributed by atoms with Crippen LogP contribution in [0.25, 0.3) is 101 Å². The van der Waals surface area contributed by atoms with Crippen LogP contribution < -0.4 is 15.1 Å². The van der Waals surface area contributed by atoms with Gasteiger partial charge in [-0.05, 0) is 113 Å². The molecule has 0 fully saturated rings. The molecular weight excluding hydrogens is 951 g/mol. The molecule has 0 amide bonds. The van der Waals surface area contributed by atoms with Gasteiger partial charge in [0.25, 0.3) is 0 Å². The van der Waals surface area contributed by atoms with Crippen molar-refractivity contribution < 1.29 is 4.74 Å². The zero-order chi connectivity index (χ0) is 51.2. The number of rotatable bonds is 7. The van der Waals surface area contributed by atoms with Gasteiger partial charge in [0.05, 0.1) is 5.41 Å². The number of fused-ring (bicyclic) bond motifs is 12. The normalized spacial score (nSPS) is 14.9. The number of hydrogen-bond donors (Lipinski definition) is 0. The van der Waals surface area contributed by atoms with Gasteiger partial charge in [-0.15, -0.1) is 0 Å². The van der Waals surface area contributed by atoms with Crippen molar-refractivity contribution in [3.8, 4) is 112 Å². The van der Waals surface area contributed by atoms with Crippen LogP contribution in [0.15, 0.2) is 261 Å². The van der Waals surface area contributed by atoms with E-state index in [4.69, 9.17) is 19.7 Å². The lowest BCUT2D eigenvalue weighted by molar-refractivity contribution is 0.436. The van der Waals surface area contributed by atoms with Crippen molar-refractivity contribution in [1.29, 1.82) is 0 Å². The van der Waals surface area contributed by atoms with Crippen molar-refractivity contribution in [2.75, 3.05) is 0 Å². The van der Waals surface area contributed by atoms with Crippen LogP contribution in [0.3, 0.4) is 0 Å². The summed E-state index contributed by atoms with van der Waals surface area (Å²) in [5, 5.41) is 2.80. The summed E-state index contributed by atoms with van der Waals surface area (Å²) in [5.74, 6) is 3.68. The van der Waals surface area contributed by atoms with Crippen LogP contribution in [0.2, 0.25) is 13.1 Å². The van der Waals surface area contributed by atoms with E-state index in [0.717, 1.165) is 56.0 Å². The molecule has 2 aliphatic heterocycles. The molecule has 1 spiro atoms. The Balaban J connectivity index is 0.986. The molecule has 1 unspecified atom stereocenters. The molecule has 0 saturated carbocycles. The van der Waals surface area contributed by atoms with E-state index in [-0.39, 0.29) is 0 Å². The van der Waals surface area contributed by atoms with Gasteiger partial charge in [-0.25, -0.2) is 15.0 Å². The zero-order valence-electron chi connectivity index (χ0n) is 42.6. The van der Waals surface area contributed by atoms with Crippen LogP contribution in [0.4, 0.5) is 0 Å². The molecule has 0 N–H and O–H groups in total. The van der Waals surface area contributed by atoms with E-state index in [1.54, 1.807) is 0 Å². The second kappa shape index (κ2) is 17.5. The minimum atomic E-state index is -2.45. The van der Waals surface area contributed by atoms with Crippen molar-refractivity contribution in [2.24, 2.45) is 0 Å². The maximum Gasteiger partial charge on any atom is 0.164 e. The third kappa shape index (κ3) is 6.94. The van der Waals surface area contributed by atoms with Crippen LogP contribution in [-0.2, 0) is 5.41 Å². The molecule has 3 aliphatic rings. The van der Waals surface area contributed by atoms with Crippen LogP contribution in [0, 0.1) is 0 Å². The van der Waals surface area contributed by atoms with Gasteiger partial charge in [0.2, 0.25) is 0 Å². The standard InChI is InChI=1S/C72H49N3OSi/c1-77(2)65-33-18-15-28-56(65)67-57(71-74-69(50-26-13-6-14-27-50)73-70(75-71)51-36-34-49(35-37-51)46-20-7-3-8-21-46)41-40-55(68(67)77)54-29-19-31-62-66(54)58-44-52(47-22-9-4-10-23-47)38-42-59(58)72(62)60-30-16-17-32-63(60)76-64-45-53(39-43-61(64)72)48-24-11-5-12-25-48/h3-45H,1-2H3. The molecule has 4 nitrogen and oxygen atoms in total. The molecule has 0 bridgehead atoms. The summed E-state index contributed by atoms with van der Waals surface area (Å²) >= 11 is 0. The molecule has 1 atom stereocenters. The summed E-state index contributed by atoms with van der Waals surface area (Å²) in [6.07, 6.45) is 0. The fraction of sp³-hybridized carbons (Fsp3) is 0.0417.